The molecular formula is C24H23N3O6. The van der Waals surface area contributed by atoms with E-state index >= 15 is 0 Å². The highest BCUT2D eigenvalue weighted by Crippen LogP contribution is 2.29. The number of anilines is 2. The van der Waals surface area contributed by atoms with Crippen LogP contribution in [0.3, 0.4) is 0 Å². The Morgan fingerprint density at radius 1 is 1.09 bits per heavy atom. The lowest BCUT2D eigenvalue weighted by Crippen LogP contribution is -2.28. The Kier molecular flexibility index (Phi) is 6.39. The Hall–Kier alpha value is -4.14. The molecule has 2 amide bonds. The number of nitrogens with one attached hydrogen (secondary N) is 1. The first kappa shape index (κ1) is 22.1. The smallest absolute Gasteiger partial charge is 0.311 e. The zero-order valence-corrected chi connectivity index (χ0v) is 18.2. The Morgan fingerprint density at radius 2 is 1.76 bits per heavy atom. The van der Waals surface area contributed by atoms with Gasteiger partial charge in [-0.25, -0.2) is 0 Å². The summed E-state index contributed by atoms with van der Waals surface area (Å²) in [6.07, 6.45) is 0.0184. The molecule has 170 valence electrons. The van der Waals surface area contributed by atoms with Crippen molar-refractivity contribution < 1.29 is 28.4 Å². The van der Waals surface area contributed by atoms with Crippen LogP contribution in [0.15, 0.2) is 59.1 Å². The topological polar surface area (TPSA) is 111 Å². The summed E-state index contributed by atoms with van der Waals surface area (Å²) in [7, 11) is 0. The van der Waals surface area contributed by atoms with E-state index in [1.807, 2.05) is 31.2 Å². The molecule has 1 atom stereocenters. The second kappa shape index (κ2) is 9.56. The van der Waals surface area contributed by atoms with Crippen LogP contribution in [0.4, 0.5) is 11.5 Å². The van der Waals surface area contributed by atoms with Crippen molar-refractivity contribution in [3.63, 3.8) is 0 Å². The van der Waals surface area contributed by atoms with Crippen LogP contribution < -0.4 is 15.0 Å². The fraction of sp³-hybridized carbons (Fsp3) is 0.250. The van der Waals surface area contributed by atoms with E-state index in [2.05, 4.69) is 10.5 Å². The average molecular weight is 449 g/mol. The molecule has 0 aliphatic carbocycles. The quantitative estimate of drug-likeness (QED) is 0.549. The van der Waals surface area contributed by atoms with Crippen LogP contribution in [-0.2, 0) is 19.1 Å². The molecule has 9 heteroatoms. The molecule has 2 aromatic carbocycles. The summed E-state index contributed by atoms with van der Waals surface area (Å²) in [6.45, 7) is 3.40. The van der Waals surface area contributed by atoms with Gasteiger partial charge in [-0.2, -0.15) is 0 Å². The fourth-order valence-electron chi connectivity index (χ4n) is 3.41. The minimum absolute atomic E-state index is 0.0184. The fourth-order valence-corrected chi connectivity index (χ4v) is 3.41. The lowest BCUT2D eigenvalue weighted by molar-refractivity contribution is -0.151. The lowest BCUT2D eigenvalue weighted by atomic mass is 10.1. The van der Waals surface area contributed by atoms with Crippen LogP contribution in [0.2, 0.25) is 0 Å². The highest BCUT2D eigenvalue weighted by atomic mass is 16.5. The van der Waals surface area contributed by atoms with Gasteiger partial charge in [-0.1, -0.05) is 22.9 Å². The standard InChI is InChI=1S/C24H23N3O6/c1-15-3-7-19(8-4-15)32-20-9-5-18(6-10-20)27-13-17(12-23(27)29)24(30)31-14-22(28)25-21-11-16(2)33-26-21/h3-11,17H,12-14H2,1-2H3,(H,25,26,28)/t17-/m0/s1. The van der Waals surface area contributed by atoms with Gasteiger partial charge in [0.1, 0.15) is 17.3 Å². The first-order valence-electron chi connectivity index (χ1n) is 10.4. The van der Waals surface area contributed by atoms with Gasteiger partial charge in [0.2, 0.25) is 5.91 Å². The van der Waals surface area contributed by atoms with Gasteiger partial charge in [-0.3, -0.25) is 14.4 Å². The molecule has 3 aromatic rings. The maximum Gasteiger partial charge on any atom is 0.311 e. The van der Waals surface area contributed by atoms with Gasteiger partial charge in [0.05, 0.1) is 5.92 Å². The molecule has 1 fully saturated rings. The molecule has 0 radical (unpaired) electrons. The molecule has 0 saturated carbocycles. The van der Waals surface area contributed by atoms with Crippen LogP contribution in [0.25, 0.3) is 0 Å². The van der Waals surface area contributed by atoms with Crippen molar-refractivity contribution in [1.29, 1.82) is 0 Å². The number of ether oxygens (including phenoxy) is 2. The average Bonchev–Trinajstić information content (AvgIpc) is 3.39. The predicted octanol–water partition coefficient (Wildman–Crippen LogP) is 3.62. The van der Waals surface area contributed by atoms with Gasteiger partial charge in [0, 0.05) is 24.7 Å². The third-order valence-corrected chi connectivity index (χ3v) is 5.10. The van der Waals surface area contributed by atoms with E-state index in [1.54, 1.807) is 37.3 Å². The van der Waals surface area contributed by atoms with Crippen LogP contribution >= 0.6 is 0 Å². The molecule has 0 unspecified atom stereocenters. The molecule has 9 nitrogen and oxygen atoms in total. The summed E-state index contributed by atoms with van der Waals surface area (Å²) in [5, 5.41) is 6.11. The number of carbonyl (C=O) groups is 3. The van der Waals surface area contributed by atoms with Crippen LogP contribution in [-0.4, -0.2) is 36.1 Å². The largest absolute Gasteiger partial charge is 0.457 e. The molecule has 1 aliphatic rings. The Bertz CT molecular complexity index is 1150. The zero-order valence-electron chi connectivity index (χ0n) is 18.2. The van der Waals surface area contributed by atoms with Gasteiger partial charge in [-0.05, 0) is 50.2 Å². The van der Waals surface area contributed by atoms with Crippen molar-refractivity contribution in [2.75, 3.05) is 23.4 Å². The van der Waals surface area contributed by atoms with Crippen molar-refractivity contribution in [1.82, 2.24) is 5.16 Å². The van der Waals surface area contributed by atoms with E-state index in [9.17, 15) is 14.4 Å². The summed E-state index contributed by atoms with van der Waals surface area (Å²) < 4.78 is 15.8. The van der Waals surface area contributed by atoms with Crippen molar-refractivity contribution in [3.05, 3.63) is 65.9 Å². The minimum Gasteiger partial charge on any atom is -0.457 e. The Morgan fingerprint density at radius 3 is 2.39 bits per heavy atom. The minimum atomic E-state index is -0.650. The highest BCUT2D eigenvalue weighted by molar-refractivity contribution is 6.00. The normalized spacial score (nSPS) is 15.4. The van der Waals surface area contributed by atoms with Crippen molar-refractivity contribution >= 4 is 29.3 Å². The van der Waals surface area contributed by atoms with Crippen molar-refractivity contribution in [2.45, 2.75) is 20.3 Å². The Balaban J connectivity index is 1.29. The van der Waals surface area contributed by atoms with Gasteiger partial charge < -0.3 is 24.2 Å². The lowest BCUT2D eigenvalue weighted by Gasteiger charge is -2.17. The third-order valence-electron chi connectivity index (χ3n) is 5.10. The number of aromatic nitrogens is 1. The number of amides is 2. The molecule has 0 bridgehead atoms. The van der Waals surface area contributed by atoms with E-state index in [0.717, 1.165) is 11.3 Å². The molecule has 1 aliphatic heterocycles. The summed E-state index contributed by atoms with van der Waals surface area (Å²) >= 11 is 0. The number of carbonyl (C=O) groups excluding carboxylic acids is 3. The van der Waals surface area contributed by atoms with E-state index in [4.69, 9.17) is 14.0 Å². The molecule has 1 N–H and O–H groups in total. The third kappa shape index (κ3) is 5.57. The molecule has 33 heavy (non-hydrogen) atoms. The van der Waals surface area contributed by atoms with E-state index in [0.29, 0.717) is 17.2 Å². The molecule has 0 spiro atoms. The number of esters is 1. The number of benzene rings is 2. The number of hydrogen-bond acceptors (Lipinski definition) is 7. The number of aryl methyl sites for hydroxylation is 2. The Labute approximate surface area is 190 Å². The van der Waals surface area contributed by atoms with Crippen molar-refractivity contribution in [3.8, 4) is 11.5 Å². The van der Waals surface area contributed by atoms with E-state index in [1.165, 1.54) is 4.90 Å². The number of rotatable bonds is 7. The maximum atomic E-state index is 12.5. The van der Waals surface area contributed by atoms with Crippen molar-refractivity contribution in [2.24, 2.45) is 5.92 Å². The first-order valence-corrected chi connectivity index (χ1v) is 10.4. The molecule has 2 heterocycles. The van der Waals surface area contributed by atoms with Gasteiger partial charge in [0.15, 0.2) is 12.4 Å². The molecular weight excluding hydrogens is 426 g/mol. The van der Waals surface area contributed by atoms with Gasteiger partial charge >= 0.3 is 5.97 Å². The number of hydrogen-bond donors (Lipinski definition) is 1. The van der Waals surface area contributed by atoms with Crippen LogP contribution in [0.1, 0.15) is 17.7 Å². The zero-order chi connectivity index (χ0) is 23.4. The van der Waals surface area contributed by atoms with E-state index in [-0.39, 0.29) is 24.7 Å². The summed E-state index contributed by atoms with van der Waals surface area (Å²) in [5.41, 5.74) is 1.80. The highest BCUT2D eigenvalue weighted by Gasteiger charge is 2.36. The molecule has 4 rings (SSSR count). The maximum absolute atomic E-state index is 12.5. The second-order valence-corrected chi connectivity index (χ2v) is 7.79. The van der Waals surface area contributed by atoms with E-state index < -0.39 is 24.4 Å². The second-order valence-electron chi connectivity index (χ2n) is 7.79. The van der Waals surface area contributed by atoms with Crippen LogP contribution in [0.5, 0.6) is 11.5 Å². The summed E-state index contributed by atoms with van der Waals surface area (Å²) in [6, 6.07) is 16.3. The predicted molar refractivity (Wildman–Crippen MR) is 119 cm³/mol. The SMILES string of the molecule is Cc1ccc(Oc2ccc(N3C[C@@H](C(=O)OCC(=O)Nc4cc(C)on4)CC3=O)cc2)cc1. The van der Waals surface area contributed by atoms with Crippen LogP contribution in [0, 0.1) is 19.8 Å². The first-order chi connectivity index (χ1) is 15.9. The van der Waals surface area contributed by atoms with Gasteiger partial charge in [0.25, 0.3) is 5.91 Å². The number of nitrogens with zero attached hydrogens (tertiary/aromatic N) is 2. The monoisotopic (exact) mass is 449 g/mol. The summed E-state index contributed by atoms with van der Waals surface area (Å²) in [5.74, 6) is 0.162. The summed E-state index contributed by atoms with van der Waals surface area (Å²) in [4.78, 5) is 38.3. The molecule has 1 aromatic heterocycles. The molecule has 1 saturated heterocycles. The van der Waals surface area contributed by atoms with Gasteiger partial charge in [-0.15, -0.1) is 0 Å².